The zero-order valence-electron chi connectivity index (χ0n) is 20.5. The highest BCUT2D eigenvalue weighted by atomic mass is 16.5. The summed E-state index contributed by atoms with van der Waals surface area (Å²) in [6.07, 6.45) is 8.04. The van der Waals surface area contributed by atoms with Crippen molar-refractivity contribution in [3.05, 3.63) is 46.8 Å². The number of likely N-dealkylation sites (tertiary alicyclic amines) is 1. The van der Waals surface area contributed by atoms with E-state index in [-0.39, 0.29) is 11.7 Å². The summed E-state index contributed by atoms with van der Waals surface area (Å²) in [6, 6.07) is 6.39. The van der Waals surface area contributed by atoms with E-state index in [0.29, 0.717) is 11.4 Å². The summed E-state index contributed by atoms with van der Waals surface area (Å²) in [5.41, 5.74) is 5.61. The van der Waals surface area contributed by atoms with Crippen molar-refractivity contribution in [3.63, 3.8) is 0 Å². The Morgan fingerprint density at radius 1 is 1.24 bits per heavy atom. The molecule has 3 aromatic heterocycles. The van der Waals surface area contributed by atoms with Crippen LogP contribution in [-0.2, 0) is 0 Å². The lowest BCUT2D eigenvalue weighted by Crippen LogP contribution is -2.41. The SMILES string of the molecule is CCC(CC)CN1CCC[C@@H](n2c(=O)[nH]c3cc(-c4cc(OC)c5ncnn5c4)c(C)cc32)C1. The topological polar surface area (TPSA) is 80.5 Å². The number of pyridine rings is 1. The molecule has 1 aliphatic heterocycles. The van der Waals surface area contributed by atoms with E-state index in [1.165, 1.54) is 19.2 Å². The molecule has 8 heteroatoms. The molecule has 1 aromatic carbocycles. The second kappa shape index (κ2) is 9.25. The highest BCUT2D eigenvalue weighted by Gasteiger charge is 2.26. The van der Waals surface area contributed by atoms with E-state index >= 15 is 0 Å². The number of rotatable bonds is 7. The minimum absolute atomic E-state index is 0.0229. The van der Waals surface area contributed by atoms with Crippen LogP contribution in [0.25, 0.3) is 27.8 Å². The maximum absolute atomic E-state index is 13.1. The van der Waals surface area contributed by atoms with Crippen LogP contribution in [0.4, 0.5) is 0 Å². The zero-order chi connectivity index (χ0) is 23.8. The van der Waals surface area contributed by atoms with E-state index in [0.717, 1.165) is 66.1 Å². The van der Waals surface area contributed by atoms with Crippen LogP contribution in [0.5, 0.6) is 5.75 Å². The van der Waals surface area contributed by atoms with E-state index < -0.39 is 0 Å². The molecule has 0 bridgehead atoms. The van der Waals surface area contributed by atoms with Gasteiger partial charge in [0.05, 0.1) is 24.2 Å². The van der Waals surface area contributed by atoms with E-state index in [1.54, 1.807) is 11.6 Å². The first-order valence-electron chi connectivity index (χ1n) is 12.4. The zero-order valence-corrected chi connectivity index (χ0v) is 20.5. The number of aromatic nitrogens is 5. The van der Waals surface area contributed by atoms with Crippen molar-refractivity contribution in [2.45, 2.75) is 52.5 Å². The maximum Gasteiger partial charge on any atom is 0.326 e. The molecule has 0 unspecified atom stereocenters. The van der Waals surface area contributed by atoms with Crippen LogP contribution in [0.2, 0.25) is 0 Å². The minimum atomic E-state index is -0.0229. The quantitative estimate of drug-likeness (QED) is 0.439. The molecule has 5 rings (SSSR count). The minimum Gasteiger partial charge on any atom is -0.493 e. The average Bonchev–Trinajstić information content (AvgIpc) is 3.44. The van der Waals surface area contributed by atoms with E-state index in [4.69, 9.17) is 4.74 Å². The number of nitrogens with one attached hydrogen (secondary N) is 1. The Labute approximate surface area is 199 Å². The molecule has 1 aliphatic rings. The van der Waals surface area contributed by atoms with Crippen molar-refractivity contribution in [1.29, 1.82) is 0 Å². The number of aromatic amines is 1. The number of benzene rings is 1. The van der Waals surface area contributed by atoms with Gasteiger partial charge in [0.15, 0.2) is 11.4 Å². The molecule has 0 aliphatic carbocycles. The predicted molar refractivity (Wildman–Crippen MR) is 135 cm³/mol. The summed E-state index contributed by atoms with van der Waals surface area (Å²) < 4.78 is 9.26. The fraction of sp³-hybridized carbons (Fsp3) is 0.500. The summed E-state index contributed by atoms with van der Waals surface area (Å²) in [4.78, 5) is 23.1. The summed E-state index contributed by atoms with van der Waals surface area (Å²) in [7, 11) is 1.64. The smallest absolute Gasteiger partial charge is 0.326 e. The number of imidazole rings is 1. The van der Waals surface area contributed by atoms with Gasteiger partial charge >= 0.3 is 5.69 Å². The fourth-order valence-corrected chi connectivity index (χ4v) is 5.46. The van der Waals surface area contributed by atoms with Crippen molar-refractivity contribution in [2.24, 2.45) is 5.92 Å². The number of aryl methyl sites for hydroxylation is 1. The molecule has 1 atom stereocenters. The van der Waals surface area contributed by atoms with Crippen LogP contribution >= 0.6 is 0 Å². The van der Waals surface area contributed by atoms with Crippen LogP contribution in [0.15, 0.2) is 35.5 Å². The third-order valence-electron chi connectivity index (χ3n) is 7.45. The van der Waals surface area contributed by atoms with Gasteiger partial charge in [0.1, 0.15) is 6.33 Å². The highest BCUT2D eigenvalue weighted by molar-refractivity contribution is 5.85. The molecule has 1 saturated heterocycles. The predicted octanol–water partition coefficient (Wildman–Crippen LogP) is 4.43. The first-order chi connectivity index (χ1) is 16.5. The molecule has 34 heavy (non-hydrogen) atoms. The van der Waals surface area contributed by atoms with Gasteiger partial charge in [0, 0.05) is 24.8 Å². The Bertz CT molecular complexity index is 1360. The van der Waals surface area contributed by atoms with Crippen LogP contribution < -0.4 is 10.4 Å². The number of H-pyrrole nitrogens is 1. The second-order valence-electron chi connectivity index (χ2n) is 9.55. The Morgan fingerprint density at radius 2 is 2.06 bits per heavy atom. The Kier molecular flexibility index (Phi) is 6.16. The van der Waals surface area contributed by atoms with Gasteiger partial charge in [-0.15, -0.1) is 0 Å². The van der Waals surface area contributed by atoms with Gasteiger partial charge in [-0.05, 0) is 61.6 Å². The largest absolute Gasteiger partial charge is 0.493 e. The lowest BCUT2D eigenvalue weighted by atomic mass is 9.98. The summed E-state index contributed by atoms with van der Waals surface area (Å²) in [5.74, 6) is 1.39. The molecule has 1 fully saturated rings. The maximum atomic E-state index is 13.1. The Hall–Kier alpha value is -3.13. The molecule has 180 valence electrons. The van der Waals surface area contributed by atoms with Crippen molar-refractivity contribution in [3.8, 4) is 16.9 Å². The van der Waals surface area contributed by atoms with E-state index in [2.05, 4.69) is 52.9 Å². The van der Waals surface area contributed by atoms with Gasteiger partial charge in [-0.3, -0.25) is 4.57 Å². The standard InChI is InChI=1S/C26H34N6O2/c1-5-18(6-2)13-30-9-7-8-20(15-30)32-23-10-17(3)21(12-22(23)29-26(32)33)19-11-24(34-4)25-27-16-28-31(25)14-19/h10-12,14,16,18,20H,5-9,13,15H2,1-4H3,(H,29,33)/t20-/m1/s1. The van der Waals surface area contributed by atoms with Gasteiger partial charge in [-0.1, -0.05) is 26.7 Å². The second-order valence-corrected chi connectivity index (χ2v) is 9.55. The third-order valence-corrected chi connectivity index (χ3v) is 7.45. The first-order valence-corrected chi connectivity index (χ1v) is 12.4. The monoisotopic (exact) mass is 462 g/mol. The van der Waals surface area contributed by atoms with E-state index in [9.17, 15) is 4.79 Å². The van der Waals surface area contributed by atoms with Gasteiger partial charge < -0.3 is 14.6 Å². The lowest BCUT2D eigenvalue weighted by Gasteiger charge is -2.35. The molecule has 8 nitrogen and oxygen atoms in total. The fourth-order valence-electron chi connectivity index (χ4n) is 5.46. The van der Waals surface area contributed by atoms with Gasteiger partial charge in [0.25, 0.3) is 0 Å². The summed E-state index contributed by atoms with van der Waals surface area (Å²) in [6.45, 7) is 9.82. The van der Waals surface area contributed by atoms with Crippen LogP contribution in [-0.4, -0.2) is 55.8 Å². The number of methoxy groups -OCH3 is 1. The van der Waals surface area contributed by atoms with Crippen molar-refractivity contribution in [1.82, 2.24) is 29.0 Å². The third kappa shape index (κ3) is 4.00. The molecule has 0 amide bonds. The molecule has 4 heterocycles. The number of hydrogen-bond donors (Lipinski definition) is 1. The Balaban J connectivity index is 1.51. The number of fused-ring (bicyclic) bond motifs is 2. The van der Waals surface area contributed by atoms with Crippen LogP contribution in [0.1, 0.15) is 51.1 Å². The van der Waals surface area contributed by atoms with Crippen LogP contribution in [0, 0.1) is 12.8 Å². The lowest BCUT2D eigenvalue weighted by molar-refractivity contribution is 0.151. The number of ether oxygens (including phenoxy) is 1. The van der Waals surface area contributed by atoms with Gasteiger partial charge in [0.2, 0.25) is 0 Å². The highest BCUT2D eigenvalue weighted by Crippen LogP contribution is 2.33. The summed E-state index contributed by atoms with van der Waals surface area (Å²) in [5, 5.41) is 4.28. The molecular formula is C26H34N6O2. The van der Waals surface area contributed by atoms with Gasteiger partial charge in [-0.25, -0.2) is 14.3 Å². The molecule has 4 aromatic rings. The van der Waals surface area contributed by atoms with Gasteiger partial charge in [-0.2, -0.15) is 5.10 Å². The normalized spacial score (nSPS) is 17.3. The number of nitrogens with zero attached hydrogens (tertiary/aromatic N) is 5. The number of piperidine rings is 1. The molecule has 0 radical (unpaired) electrons. The first kappa shape index (κ1) is 22.7. The number of hydrogen-bond acceptors (Lipinski definition) is 5. The van der Waals surface area contributed by atoms with Crippen molar-refractivity contribution >= 4 is 16.7 Å². The Morgan fingerprint density at radius 3 is 2.82 bits per heavy atom. The van der Waals surface area contributed by atoms with Crippen LogP contribution in [0.3, 0.4) is 0 Å². The van der Waals surface area contributed by atoms with Crippen molar-refractivity contribution in [2.75, 3.05) is 26.7 Å². The van der Waals surface area contributed by atoms with E-state index in [1.807, 2.05) is 16.8 Å². The molecule has 0 spiro atoms. The molecule has 0 saturated carbocycles. The molecular weight excluding hydrogens is 428 g/mol. The van der Waals surface area contributed by atoms with Crippen molar-refractivity contribution < 1.29 is 4.74 Å². The molecule has 1 N–H and O–H groups in total. The summed E-state index contributed by atoms with van der Waals surface area (Å²) >= 11 is 0. The average molecular weight is 463 g/mol.